The van der Waals surface area contributed by atoms with Crippen molar-refractivity contribution in [3.63, 3.8) is 0 Å². The van der Waals surface area contributed by atoms with Crippen LogP contribution in [0, 0.1) is 12.7 Å². The lowest BCUT2D eigenvalue weighted by Crippen LogP contribution is -2.11. The van der Waals surface area contributed by atoms with Gasteiger partial charge in [-0.3, -0.25) is 0 Å². The fraction of sp³-hybridized carbons (Fsp3) is 0.333. The quantitative estimate of drug-likeness (QED) is 0.774. The molecule has 0 saturated heterocycles. The van der Waals surface area contributed by atoms with Gasteiger partial charge in [0.2, 0.25) is 0 Å². The van der Waals surface area contributed by atoms with Crippen LogP contribution >= 0.6 is 0 Å². The third-order valence-corrected chi connectivity index (χ3v) is 3.28. The Labute approximate surface area is 126 Å². The Kier molecular flexibility index (Phi) is 5.20. The number of anilines is 1. The molecule has 21 heavy (non-hydrogen) atoms. The van der Waals surface area contributed by atoms with Crippen molar-refractivity contribution in [2.45, 2.75) is 26.7 Å². The van der Waals surface area contributed by atoms with E-state index in [0.717, 1.165) is 11.4 Å². The van der Waals surface area contributed by atoms with Gasteiger partial charge < -0.3 is 10.1 Å². The molecule has 2 aromatic rings. The van der Waals surface area contributed by atoms with Crippen molar-refractivity contribution >= 4 is 5.69 Å². The smallest absolute Gasteiger partial charge is 0.123 e. The molecule has 2 nitrogen and oxygen atoms in total. The van der Waals surface area contributed by atoms with Crippen molar-refractivity contribution in [2.24, 2.45) is 0 Å². The van der Waals surface area contributed by atoms with Crippen LogP contribution in [-0.2, 0) is 0 Å². The minimum atomic E-state index is -0.224. The van der Waals surface area contributed by atoms with Crippen molar-refractivity contribution in [3.8, 4) is 5.75 Å². The Hall–Kier alpha value is -2.03. The van der Waals surface area contributed by atoms with E-state index < -0.39 is 0 Å². The molecule has 0 aliphatic carbocycles. The van der Waals surface area contributed by atoms with Gasteiger partial charge in [-0.05, 0) is 60.4 Å². The van der Waals surface area contributed by atoms with Crippen LogP contribution in [0.4, 0.5) is 10.1 Å². The lowest BCUT2D eigenvalue weighted by molar-refractivity contribution is 0.332. The standard InChI is InChI=1S/C18H22FNO/c1-13(2)15-10-14(3)11-18(12-15)21-9-8-20-17-6-4-16(19)5-7-17/h4-7,10-13,20H,8-9H2,1-3H3. The zero-order chi connectivity index (χ0) is 15.2. The maximum atomic E-state index is 12.8. The molecule has 0 aliphatic heterocycles. The Morgan fingerprint density at radius 1 is 1.10 bits per heavy atom. The number of aryl methyl sites for hydroxylation is 1. The summed E-state index contributed by atoms with van der Waals surface area (Å²) >= 11 is 0. The van der Waals surface area contributed by atoms with Gasteiger partial charge in [0.15, 0.2) is 0 Å². The molecule has 3 heteroatoms. The van der Waals surface area contributed by atoms with Gasteiger partial charge >= 0.3 is 0 Å². The molecule has 0 radical (unpaired) electrons. The highest BCUT2D eigenvalue weighted by Gasteiger charge is 2.03. The van der Waals surface area contributed by atoms with Crippen LogP contribution < -0.4 is 10.1 Å². The highest BCUT2D eigenvalue weighted by Crippen LogP contribution is 2.22. The highest BCUT2D eigenvalue weighted by atomic mass is 19.1. The lowest BCUT2D eigenvalue weighted by Gasteiger charge is -2.12. The molecular formula is C18H22FNO. The second-order valence-electron chi connectivity index (χ2n) is 5.52. The number of nitrogens with one attached hydrogen (secondary N) is 1. The average Bonchev–Trinajstić information content (AvgIpc) is 2.45. The van der Waals surface area contributed by atoms with E-state index >= 15 is 0 Å². The van der Waals surface area contributed by atoms with Crippen molar-refractivity contribution in [3.05, 3.63) is 59.4 Å². The van der Waals surface area contributed by atoms with Crippen LogP contribution in [-0.4, -0.2) is 13.2 Å². The van der Waals surface area contributed by atoms with Crippen LogP contribution in [0.5, 0.6) is 5.75 Å². The van der Waals surface area contributed by atoms with E-state index in [1.54, 1.807) is 12.1 Å². The highest BCUT2D eigenvalue weighted by molar-refractivity contribution is 5.42. The molecular weight excluding hydrogens is 265 g/mol. The van der Waals surface area contributed by atoms with Gasteiger partial charge in [0.25, 0.3) is 0 Å². The summed E-state index contributed by atoms with van der Waals surface area (Å²) in [4.78, 5) is 0. The molecule has 0 heterocycles. The molecule has 2 aromatic carbocycles. The molecule has 0 unspecified atom stereocenters. The van der Waals surface area contributed by atoms with Gasteiger partial charge in [0.1, 0.15) is 18.2 Å². The van der Waals surface area contributed by atoms with E-state index in [-0.39, 0.29) is 5.82 Å². The van der Waals surface area contributed by atoms with E-state index in [4.69, 9.17) is 4.74 Å². The monoisotopic (exact) mass is 287 g/mol. The summed E-state index contributed by atoms with van der Waals surface area (Å²) < 4.78 is 18.6. The van der Waals surface area contributed by atoms with E-state index in [0.29, 0.717) is 19.1 Å². The molecule has 0 aliphatic rings. The Bertz CT molecular complexity index is 578. The zero-order valence-electron chi connectivity index (χ0n) is 12.8. The summed E-state index contributed by atoms with van der Waals surface area (Å²) in [6.45, 7) is 7.67. The Morgan fingerprint density at radius 2 is 1.81 bits per heavy atom. The Balaban J connectivity index is 1.84. The number of rotatable bonds is 6. The van der Waals surface area contributed by atoms with Crippen LogP contribution in [0.2, 0.25) is 0 Å². The van der Waals surface area contributed by atoms with Crippen molar-refractivity contribution in [1.82, 2.24) is 0 Å². The van der Waals surface area contributed by atoms with Crippen molar-refractivity contribution in [1.29, 1.82) is 0 Å². The normalized spacial score (nSPS) is 10.7. The maximum Gasteiger partial charge on any atom is 0.123 e. The third kappa shape index (κ3) is 4.78. The number of halogens is 1. The zero-order valence-corrected chi connectivity index (χ0v) is 12.8. The topological polar surface area (TPSA) is 21.3 Å². The number of hydrogen-bond acceptors (Lipinski definition) is 2. The minimum absolute atomic E-state index is 0.224. The van der Waals surface area contributed by atoms with Crippen LogP contribution in [0.3, 0.4) is 0 Å². The summed E-state index contributed by atoms with van der Waals surface area (Å²) in [5.41, 5.74) is 3.39. The lowest BCUT2D eigenvalue weighted by atomic mass is 10.0. The fourth-order valence-electron chi connectivity index (χ4n) is 2.13. The van der Waals surface area contributed by atoms with Gasteiger partial charge in [-0.2, -0.15) is 0 Å². The van der Waals surface area contributed by atoms with Gasteiger partial charge in [0, 0.05) is 12.2 Å². The van der Waals surface area contributed by atoms with Crippen LogP contribution in [0.25, 0.3) is 0 Å². The Morgan fingerprint density at radius 3 is 2.48 bits per heavy atom. The summed E-state index contributed by atoms with van der Waals surface area (Å²) in [5, 5.41) is 3.20. The summed E-state index contributed by atoms with van der Waals surface area (Å²) in [6.07, 6.45) is 0. The molecule has 0 atom stereocenters. The first-order chi connectivity index (χ1) is 10.0. The van der Waals surface area contributed by atoms with Crippen LogP contribution in [0.1, 0.15) is 30.9 Å². The van der Waals surface area contributed by atoms with E-state index in [1.807, 2.05) is 6.07 Å². The molecule has 0 saturated carbocycles. The van der Waals surface area contributed by atoms with Gasteiger partial charge in [-0.15, -0.1) is 0 Å². The largest absolute Gasteiger partial charge is 0.492 e. The first-order valence-corrected chi connectivity index (χ1v) is 7.28. The molecule has 0 amide bonds. The minimum Gasteiger partial charge on any atom is -0.492 e. The van der Waals surface area contributed by atoms with E-state index in [1.165, 1.54) is 23.3 Å². The molecule has 112 valence electrons. The molecule has 2 rings (SSSR count). The van der Waals surface area contributed by atoms with Crippen molar-refractivity contribution < 1.29 is 9.13 Å². The van der Waals surface area contributed by atoms with Crippen LogP contribution in [0.15, 0.2) is 42.5 Å². The number of hydrogen-bond donors (Lipinski definition) is 1. The van der Waals surface area contributed by atoms with E-state index in [2.05, 4.69) is 38.2 Å². The predicted molar refractivity (Wildman–Crippen MR) is 85.7 cm³/mol. The van der Waals surface area contributed by atoms with Gasteiger partial charge in [0.05, 0.1) is 0 Å². The van der Waals surface area contributed by atoms with Crippen molar-refractivity contribution in [2.75, 3.05) is 18.5 Å². The first kappa shape index (κ1) is 15.4. The van der Waals surface area contributed by atoms with E-state index in [9.17, 15) is 4.39 Å². The molecule has 1 N–H and O–H groups in total. The molecule has 0 fully saturated rings. The summed E-state index contributed by atoms with van der Waals surface area (Å²) in [5.74, 6) is 1.17. The average molecular weight is 287 g/mol. The second kappa shape index (κ2) is 7.11. The molecule has 0 aromatic heterocycles. The second-order valence-corrected chi connectivity index (χ2v) is 5.52. The predicted octanol–water partition coefficient (Wildman–Crippen LogP) is 4.75. The first-order valence-electron chi connectivity index (χ1n) is 7.28. The summed E-state index contributed by atoms with van der Waals surface area (Å²) in [6, 6.07) is 12.7. The number of ether oxygens (including phenoxy) is 1. The third-order valence-electron chi connectivity index (χ3n) is 3.28. The number of benzene rings is 2. The van der Waals surface area contributed by atoms with Gasteiger partial charge in [-0.25, -0.2) is 4.39 Å². The summed E-state index contributed by atoms with van der Waals surface area (Å²) in [7, 11) is 0. The SMILES string of the molecule is Cc1cc(OCCNc2ccc(F)cc2)cc(C(C)C)c1. The maximum absolute atomic E-state index is 12.8. The van der Waals surface area contributed by atoms with Gasteiger partial charge in [-0.1, -0.05) is 19.9 Å². The fourth-order valence-corrected chi connectivity index (χ4v) is 2.13. The molecule has 0 bridgehead atoms. The molecule has 0 spiro atoms.